The second-order valence-corrected chi connectivity index (χ2v) is 6.62. The van der Waals surface area contributed by atoms with Gasteiger partial charge in [-0.1, -0.05) is 51.8 Å². The Kier molecular flexibility index (Phi) is 4.65. The van der Waals surface area contributed by atoms with Crippen molar-refractivity contribution in [3.63, 3.8) is 0 Å². The molecule has 2 nitrogen and oxygen atoms in total. The summed E-state index contributed by atoms with van der Waals surface area (Å²) in [6, 6.07) is 12.9. The molecule has 2 aromatic carbocycles. The molecular formula is C17H17BrClNO. The minimum Gasteiger partial charge on any atom is -0.372 e. The molecule has 1 aliphatic heterocycles. The lowest BCUT2D eigenvalue weighted by atomic mass is 9.96. The Hall–Kier alpha value is -0.870. The minimum absolute atomic E-state index is 0.245. The van der Waals surface area contributed by atoms with Crippen LogP contribution in [0, 0.1) is 0 Å². The van der Waals surface area contributed by atoms with Crippen molar-refractivity contribution in [1.82, 2.24) is 5.32 Å². The van der Waals surface area contributed by atoms with Crippen LogP contribution in [0.2, 0.25) is 5.02 Å². The highest BCUT2D eigenvalue weighted by Gasteiger charge is 2.16. The van der Waals surface area contributed by atoms with Crippen LogP contribution >= 0.6 is 27.5 Å². The molecule has 0 spiro atoms. The van der Waals surface area contributed by atoms with Gasteiger partial charge in [-0.25, -0.2) is 0 Å². The molecule has 0 fully saturated rings. The monoisotopic (exact) mass is 365 g/mol. The van der Waals surface area contributed by atoms with Crippen LogP contribution in [0.5, 0.6) is 0 Å². The van der Waals surface area contributed by atoms with Gasteiger partial charge < -0.3 is 10.1 Å². The van der Waals surface area contributed by atoms with E-state index in [4.69, 9.17) is 16.3 Å². The van der Waals surface area contributed by atoms with E-state index < -0.39 is 0 Å². The van der Waals surface area contributed by atoms with E-state index in [2.05, 4.69) is 45.5 Å². The van der Waals surface area contributed by atoms with Crippen molar-refractivity contribution >= 4 is 27.5 Å². The quantitative estimate of drug-likeness (QED) is 0.851. The molecule has 0 bridgehead atoms. The second-order valence-electron chi connectivity index (χ2n) is 5.30. The van der Waals surface area contributed by atoms with Crippen LogP contribution in [0.4, 0.5) is 0 Å². The van der Waals surface area contributed by atoms with Crippen molar-refractivity contribution in [2.45, 2.75) is 25.7 Å². The normalized spacial score (nSPS) is 15.0. The van der Waals surface area contributed by atoms with Crippen LogP contribution in [0.15, 0.2) is 40.9 Å². The van der Waals surface area contributed by atoms with E-state index in [0.717, 1.165) is 34.7 Å². The van der Waals surface area contributed by atoms with E-state index in [0.29, 0.717) is 0 Å². The van der Waals surface area contributed by atoms with E-state index in [1.807, 2.05) is 19.2 Å². The van der Waals surface area contributed by atoms with Gasteiger partial charge in [-0.05, 0) is 47.9 Å². The van der Waals surface area contributed by atoms with Gasteiger partial charge in [-0.15, -0.1) is 0 Å². The lowest BCUT2D eigenvalue weighted by Crippen LogP contribution is -2.19. The molecule has 1 heterocycles. The van der Waals surface area contributed by atoms with Crippen molar-refractivity contribution in [1.29, 1.82) is 0 Å². The van der Waals surface area contributed by atoms with E-state index in [1.165, 1.54) is 16.7 Å². The van der Waals surface area contributed by atoms with Gasteiger partial charge >= 0.3 is 0 Å². The fourth-order valence-corrected chi connectivity index (χ4v) is 3.45. The zero-order valence-corrected chi connectivity index (χ0v) is 14.2. The van der Waals surface area contributed by atoms with Crippen LogP contribution in [0.25, 0.3) is 0 Å². The largest absolute Gasteiger partial charge is 0.372 e. The molecule has 0 aromatic heterocycles. The topological polar surface area (TPSA) is 21.3 Å². The molecule has 1 atom stereocenters. The Balaban J connectivity index is 1.85. The fourth-order valence-electron chi connectivity index (χ4n) is 2.70. The number of halogens is 2. The first kappa shape index (κ1) is 15.0. The number of hydrogen-bond acceptors (Lipinski definition) is 2. The lowest BCUT2D eigenvalue weighted by Gasteiger charge is -2.18. The van der Waals surface area contributed by atoms with E-state index in [1.54, 1.807) is 0 Å². The average molecular weight is 367 g/mol. The fraction of sp³-hybridized carbons (Fsp3) is 0.294. The summed E-state index contributed by atoms with van der Waals surface area (Å²) in [5.41, 5.74) is 5.03. The smallest absolute Gasteiger partial charge is 0.0725 e. The van der Waals surface area contributed by atoms with Crippen LogP contribution in [0.1, 0.15) is 28.3 Å². The van der Waals surface area contributed by atoms with Crippen LogP contribution in [0.3, 0.4) is 0 Å². The number of benzene rings is 2. The third-order valence-electron chi connectivity index (χ3n) is 3.94. The summed E-state index contributed by atoms with van der Waals surface area (Å²) in [6.45, 7) is 1.46. The van der Waals surface area contributed by atoms with Gasteiger partial charge in [-0.3, -0.25) is 0 Å². The first-order chi connectivity index (χ1) is 10.2. The van der Waals surface area contributed by atoms with Crippen molar-refractivity contribution in [2.75, 3.05) is 7.05 Å². The van der Waals surface area contributed by atoms with E-state index >= 15 is 0 Å². The number of hydrogen-bond donors (Lipinski definition) is 1. The maximum atomic E-state index is 6.33. The highest BCUT2D eigenvalue weighted by atomic mass is 79.9. The van der Waals surface area contributed by atoms with Crippen LogP contribution in [-0.4, -0.2) is 7.05 Å². The molecule has 1 aliphatic rings. The maximum absolute atomic E-state index is 6.33. The first-order valence-corrected chi connectivity index (χ1v) is 8.15. The molecule has 0 saturated carbocycles. The number of nitrogens with one attached hydrogen (secondary N) is 1. The first-order valence-electron chi connectivity index (χ1n) is 6.98. The van der Waals surface area contributed by atoms with Gasteiger partial charge in [0.15, 0.2) is 0 Å². The second kappa shape index (κ2) is 6.49. The Morgan fingerprint density at radius 2 is 2.00 bits per heavy atom. The molecule has 1 N–H and O–H groups in total. The molecule has 110 valence electrons. The third-order valence-corrected chi connectivity index (χ3v) is 4.78. The Labute approximate surface area is 138 Å². The standard InChI is InChI=1S/C17H17BrClNO/c1-20-17(7-11-4-5-15(18)8-16(11)19)12-2-3-13-9-21-10-14(13)6-12/h2-6,8,17,20H,7,9-10H2,1H3. The van der Waals surface area contributed by atoms with Gasteiger partial charge in [0.25, 0.3) is 0 Å². The minimum atomic E-state index is 0.245. The van der Waals surface area contributed by atoms with Gasteiger partial charge in [0.05, 0.1) is 13.2 Å². The molecule has 0 radical (unpaired) electrons. The lowest BCUT2D eigenvalue weighted by molar-refractivity contribution is 0.134. The summed E-state index contributed by atoms with van der Waals surface area (Å²) in [4.78, 5) is 0. The van der Waals surface area contributed by atoms with Crippen LogP contribution < -0.4 is 5.32 Å². The summed E-state index contributed by atoms with van der Waals surface area (Å²) in [5.74, 6) is 0. The van der Waals surface area contributed by atoms with Gasteiger partial charge in [-0.2, -0.15) is 0 Å². The summed E-state index contributed by atoms with van der Waals surface area (Å²) in [5, 5.41) is 4.19. The van der Waals surface area contributed by atoms with Crippen molar-refractivity contribution in [3.8, 4) is 0 Å². The zero-order chi connectivity index (χ0) is 14.8. The summed E-state index contributed by atoms with van der Waals surface area (Å²) < 4.78 is 6.49. The molecule has 0 saturated heterocycles. The predicted octanol–water partition coefficient (Wildman–Crippen LogP) is 4.64. The van der Waals surface area contributed by atoms with Crippen molar-refractivity contribution in [3.05, 3.63) is 68.1 Å². The average Bonchev–Trinajstić information content (AvgIpc) is 2.94. The number of ether oxygens (including phenoxy) is 1. The molecule has 4 heteroatoms. The third kappa shape index (κ3) is 3.32. The van der Waals surface area contributed by atoms with E-state index in [9.17, 15) is 0 Å². The molecule has 0 aliphatic carbocycles. The Morgan fingerprint density at radius 3 is 2.76 bits per heavy atom. The molecule has 21 heavy (non-hydrogen) atoms. The molecule has 0 amide bonds. The summed E-state index contributed by atoms with van der Waals surface area (Å²) >= 11 is 9.78. The molecular weight excluding hydrogens is 350 g/mol. The zero-order valence-electron chi connectivity index (χ0n) is 11.8. The SMILES string of the molecule is CNC(Cc1ccc(Br)cc1Cl)c1ccc2c(c1)COC2. The highest BCUT2D eigenvalue weighted by Crippen LogP contribution is 2.28. The molecule has 3 rings (SSSR count). The van der Waals surface area contributed by atoms with Crippen molar-refractivity contribution in [2.24, 2.45) is 0 Å². The molecule has 1 unspecified atom stereocenters. The van der Waals surface area contributed by atoms with Gasteiger partial charge in [0.1, 0.15) is 0 Å². The Morgan fingerprint density at radius 1 is 1.19 bits per heavy atom. The van der Waals surface area contributed by atoms with Crippen molar-refractivity contribution < 1.29 is 4.74 Å². The van der Waals surface area contributed by atoms with Gasteiger partial charge in [0, 0.05) is 15.5 Å². The number of likely N-dealkylation sites (N-methyl/N-ethyl adjacent to an activating group) is 1. The maximum Gasteiger partial charge on any atom is 0.0725 e. The molecule has 2 aromatic rings. The van der Waals surface area contributed by atoms with Gasteiger partial charge in [0.2, 0.25) is 0 Å². The summed E-state index contributed by atoms with van der Waals surface area (Å²) in [7, 11) is 1.99. The number of rotatable bonds is 4. The highest BCUT2D eigenvalue weighted by molar-refractivity contribution is 9.10. The summed E-state index contributed by atoms with van der Waals surface area (Å²) in [6.07, 6.45) is 0.863. The predicted molar refractivity (Wildman–Crippen MR) is 89.6 cm³/mol. The Bertz CT molecular complexity index is 659. The van der Waals surface area contributed by atoms with Crippen LogP contribution in [-0.2, 0) is 24.4 Å². The van der Waals surface area contributed by atoms with E-state index in [-0.39, 0.29) is 6.04 Å². The number of fused-ring (bicyclic) bond motifs is 1.